The van der Waals surface area contributed by atoms with Gasteiger partial charge in [0.05, 0.1) is 10.1 Å². The van der Waals surface area contributed by atoms with Gasteiger partial charge in [0, 0.05) is 0 Å². The van der Waals surface area contributed by atoms with Crippen LogP contribution < -0.4 is 0 Å². The number of benzene rings is 1. The van der Waals surface area contributed by atoms with E-state index in [1.807, 2.05) is 29.6 Å². The van der Waals surface area contributed by atoms with Gasteiger partial charge in [0.15, 0.2) is 0 Å². The summed E-state index contributed by atoms with van der Waals surface area (Å²) in [5.74, 6) is 5.89. The van der Waals surface area contributed by atoms with Crippen LogP contribution in [0.5, 0.6) is 0 Å². The van der Waals surface area contributed by atoms with Crippen LogP contribution in [0.4, 0.5) is 4.39 Å². The van der Waals surface area contributed by atoms with Crippen molar-refractivity contribution in [1.29, 1.82) is 0 Å². The van der Waals surface area contributed by atoms with Gasteiger partial charge in [0.2, 0.25) is 0 Å². The van der Waals surface area contributed by atoms with Crippen LogP contribution in [-0.2, 0) is 0 Å². The molecule has 126 valence electrons. The zero-order chi connectivity index (χ0) is 17.3. The molecule has 1 aromatic carbocycles. The molecule has 0 atom stereocenters. The van der Waals surface area contributed by atoms with Gasteiger partial charge in [-0.2, -0.15) is 0 Å². The molecule has 0 spiro atoms. The Morgan fingerprint density at radius 3 is 2.22 bits per heavy atom. The van der Waals surface area contributed by atoms with Crippen molar-refractivity contribution >= 4 is 31.6 Å². The summed E-state index contributed by atoms with van der Waals surface area (Å²) in [6.45, 7) is 13.5. The van der Waals surface area contributed by atoms with Crippen molar-refractivity contribution in [3.05, 3.63) is 35.1 Å². The van der Waals surface area contributed by atoms with Gasteiger partial charge in [-0.1, -0.05) is 52.4 Å². The lowest BCUT2D eigenvalue weighted by Gasteiger charge is -2.36. The Morgan fingerprint density at radius 2 is 1.74 bits per heavy atom. The van der Waals surface area contributed by atoms with Gasteiger partial charge in [-0.15, -0.1) is 29.1 Å². The molecule has 0 amide bonds. The summed E-state index contributed by atoms with van der Waals surface area (Å²) >= 11 is 3.90. The van der Waals surface area contributed by atoms with Crippen LogP contribution in [0.1, 0.15) is 36.5 Å². The van der Waals surface area contributed by atoms with Crippen LogP contribution in [0.2, 0.25) is 19.6 Å². The first-order valence-electron chi connectivity index (χ1n) is 8.12. The van der Waals surface area contributed by atoms with Crippen molar-refractivity contribution in [3.8, 4) is 11.5 Å². The Balaban J connectivity index is 2.08. The summed E-state index contributed by atoms with van der Waals surface area (Å²) in [5, 5.41) is 0. The van der Waals surface area contributed by atoms with Gasteiger partial charge in [0.25, 0.3) is 0 Å². The van der Waals surface area contributed by atoms with E-state index in [0.29, 0.717) is 15.6 Å². The number of hydrogen-bond donors (Lipinski definition) is 0. The Kier molecular flexibility index (Phi) is 5.98. The topological polar surface area (TPSA) is 0 Å². The Labute approximate surface area is 150 Å². The molecule has 0 nitrogen and oxygen atoms in total. The van der Waals surface area contributed by atoms with E-state index in [2.05, 4.69) is 57.9 Å². The minimum Gasteiger partial charge on any atom is -0.206 e. The highest BCUT2D eigenvalue weighted by Crippen LogP contribution is 2.49. The van der Waals surface area contributed by atoms with Crippen LogP contribution in [0, 0.1) is 28.6 Å². The molecular formula is C19H27FS2Si. The smallest absolute Gasteiger partial charge is 0.139 e. The Hall–Kier alpha value is -0.373. The fourth-order valence-electron chi connectivity index (χ4n) is 2.23. The van der Waals surface area contributed by atoms with Crippen LogP contribution in [0.25, 0.3) is 0 Å². The average molecular weight is 367 g/mol. The maximum Gasteiger partial charge on any atom is 0.139 e. The molecule has 1 aliphatic heterocycles. The van der Waals surface area contributed by atoms with Crippen molar-refractivity contribution in [3.63, 3.8) is 0 Å². The molecule has 1 fully saturated rings. The van der Waals surface area contributed by atoms with E-state index in [1.165, 1.54) is 0 Å². The van der Waals surface area contributed by atoms with Gasteiger partial charge < -0.3 is 0 Å². The molecular weight excluding hydrogens is 339 g/mol. The second-order valence-corrected chi connectivity index (χ2v) is 15.6. The highest BCUT2D eigenvalue weighted by Gasteiger charge is 2.31. The lowest BCUT2D eigenvalue weighted by molar-refractivity contribution is 0.292. The fraction of sp³-hybridized carbons (Fsp3) is 0.579. The quantitative estimate of drug-likeness (QED) is 0.429. The molecule has 0 aromatic heterocycles. The molecule has 23 heavy (non-hydrogen) atoms. The molecule has 0 bridgehead atoms. The minimum absolute atomic E-state index is 0.174. The van der Waals surface area contributed by atoms with E-state index < -0.39 is 8.07 Å². The number of hydrogen-bond acceptors (Lipinski definition) is 2. The lowest BCUT2D eigenvalue weighted by atomic mass is 9.83. The van der Waals surface area contributed by atoms with Crippen molar-refractivity contribution in [2.45, 2.75) is 45.0 Å². The monoisotopic (exact) mass is 366 g/mol. The van der Waals surface area contributed by atoms with Crippen LogP contribution in [0.3, 0.4) is 0 Å². The molecule has 4 heteroatoms. The molecule has 0 aliphatic carbocycles. The third kappa shape index (κ3) is 5.58. The molecule has 1 heterocycles. The van der Waals surface area contributed by atoms with Gasteiger partial charge in [-0.3, -0.25) is 0 Å². The third-order valence-corrected chi connectivity index (χ3v) is 7.99. The van der Waals surface area contributed by atoms with Gasteiger partial charge in [-0.05, 0) is 40.5 Å². The SMILES string of the molecule is CC(C)(C)C1CSC(c2ccc(C#C[Si](C)(C)C)c(F)c2)SC1. The lowest BCUT2D eigenvalue weighted by Crippen LogP contribution is -2.27. The summed E-state index contributed by atoms with van der Waals surface area (Å²) in [6.07, 6.45) is 0. The largest absolute Gasteiger partial charge is 0.206 e. The standard InChI is InChI=1S/C19H27FS2Si/c1-19(2,3)16-12-21-18(22-13-16)15-8-7-14(17(20)11-15)9-10-23(4,5)6/h7-8,11,16,18H,12-13H2,1-6H3. The summed E-state index contributed by atoms with van der Waals surface area (Å²) in [7, 11) is -1.47. The maximum atomic E-state index is 14.3. The van der Waals surface area contributed by atoms with Crippen molar-refractivity contribution < 1.29 is 4.39 Å². The summed E-state index contributed by atoms with van der Waals surface area (Å²) in [5.41, 5.74) is 5.22. The van der Waals surface area contributed by atoms with Crippen LogP contribution >= 0.6 is 23.5 Å². The highest BCUT2D eigenvalue weighted by molar-refractivity contribution is 8.16. The zero-order valence-electron chi connectivity index (χ0n) is 15.0. The Morgan fingerprint density at radius 1 is 1.13 bits per heavy atom. The van der Waals surface area contributed by atoms with E-state index >= 15 is 0 Å². The van der Waals surface area contributed by atoms with E-state index in [0.717, 1.165) is 23.0 Å². The first-order chi connectivity index (χ1) is 10.6. The molecule has 2 rings (SSSR count). The number of rotatable bonds is 1. The summed E-state index contributed by atoms with van der Waals surface area (Å²) in [6, 6.07) is 5.60. The van der Waals surface area contributed by atoms with Gasteiger partial charge in [-0.25, -0.2) is 4.39 Å². The molecule has 1 aliphatic rings. The van der Waals surface area contributed by atoms with Crippen molar-refractivity contribution in [2.24, 2.45) is 11.3 Å². The van der Waals surface area contributed by atoms with Crippen molar-refractivity contribution in [2.75, 3.05) is 11.5 Å². The summed E-state index contributed by atoms with van der Waals surface area (Å²) < 4.78 is 14.7. The predicted molar refractivity (Wildman–Crippen MR) is 107 cm³/mol. The first kappa shape index (κ1) is 19.0. The first-order valence-corrected chi connectivity index (χ1v) is 13.7. The second kappa shape index (κ2) is 7.25. The normalized spacial score (nSPS) is 22.4. The van der Waals surface area contributed by atoms with Gasteiger partial charge >= 0.3 is 0 Å². The fourth-order valence-corrected chi connectivity index (χ4v) is 6.47. The van der Waals surface area contributed by atoms with E-state index in [9.17, 15) is 4.39 Å². The van der Waals surface area contributed by atoms with E-state index in [-0.39, 0.29) is 5.82 Å². The van der Waals surface area contributed by atoms with Crippen LogP contribution in [0.15, 0.2) is 18.2 Å². The highest BCUT2D eigenvalue weighted by atomic mass is 32.2. The molecule has 1 aromatic rings. The summed E-state index contributed by atoms with van der Waals surface area (Å²) in [4.78, 5) is 0. The third-order valence-electron chi connectivity index (χ3n) is 3.96. The number of halogens is 1. The Bertz CT molecular complexity index is 609. The van der Waals surface area contributed by atoms with Crippen molar-refractivity contribution in [1.82, 2.24) is 0 Å². The molecule has 1 saturated heterocycles. The molecule has 0 radical (unpaired) electrons. The van der Waals surface area contributed by atoms with E-state index in [1.54, 1.807) is 6.07 Å². The van der Waals surface area contributed by atoms with Gasteiger partial charge in [0.1, 0.15) is 13.9 Å². The maximum absolute atomic E-state index is 14.3. The average Bonchev–Trinajstić information content (AvgIpc) is 2.44. The molecule has 0 saturated carbocycles. The molecule has 0 N–H and O–H groups in total. The van der Waals surface area contributed by atoms with Crippen LogP contribution in [-0.4, -0.2) is 19.6 Å². The minimum atomic E-state index is -1.47. The van der Waals surface area contributed by atoms with E-state index in [4.69, 9.17) is 0 Å². The second-order valence-electron chi connectivity index (χ2n) is 8.30. The predicted octanol–water partition coefficient (Wildman–Crippen LogP) is 6.20. The molecule has 0 unspecified atom stereocenters. The zero-order valence-corrected chi connectivity index (χ0v) is 17.6. The number of thioether (sulfide) groups is 2.